The third-order valence-electron chi connectivity index (χ3n) is 3.93. The standard InChI is InChI=1S/C14H16BrNO6S/c15-12-4-3-11(22-12)14(18)21-7-13(17)16(9-1-2-9)10-5-6-23(19,20)8-10/h3-4,9-10H,1-2,5-8H2/t10-/m0/s1. The van der Waals surface area contributed by atoms with Gasteiger partial charge < -0.3 is 14.1 Å². The highest BCUT2D eigenvalue weighted by molar-refractivity contribution is 9.10. The maximum atomic E-state index is 12.4. The summed E-state index contributed by atoms with van der Waals surface area (Å²) in [6.45, 7) is -0.413. The molecule has 2 heterocycles. The second-order valence-corrected chi connectivity index (χ2v) is 8.78. The zero-order valence-corrected chi connectivity index (χ0v) is 14.6. The molecule has 0 aromatic carbocycles. The lowest BCUT2D eigenvalue weighted by molar-refractivity contribution is -0.137. The van der Waals surface area contributed by atoms with Gasteiger partial charge in [0.15, 0.2) is 21.1 Å². The largest absolute Gasteiger partial charge is 0.450 e. The summed E-state index contributed by atoms with van der Waals surface area (Å²) < 4.78 is 33.7. The van der Waals surface area contributed by atoms with Gasteiger partial charge in [0.25, 0.3) is 5.91 Å². The molecule has 2 fully saturated rings. The lowest BCUT2D eigenvalue weighted by Crippen LogP contribution is -2.44. The van der Waals surface area contributed by atoms with Crippen LogP contribution in [0.15, 0.2) is 21.2 Å². The maximum absolute atomic E-state index is 12.4. The average Bonchev–Trinajstić information content (AvgIpc) is 3.11. The van der Waals surface area contributed by atoms with Crippen LogP contribution in [0.25, 0.3) is 0 Å². The molecule has 0 spiro atoms. The van der Waals surface area contributed by atoms with Crippen LogP contribution in [0.4, 0.5) is 0 Å². The number of sulfone groups is 1. The summed E-state index contributed by atoms with van der Waals surface area (Å²) in [6.07, 6.45) is 2.17. The Labute approximate surface area is 142 Å². The van der Waals surface area contributed by atoms with Gasteiger partial charge in [0.05, 0.1) is 11.5 Å². The van der Waals surface area contributed by atoms with Gasteiger partial charge in [0, 0.05) is 12.1 Å². The minimum absolute atomic E-state index is 0.00564. The Morgan fingerprint density at radius 1 is 1.26 bits per heavy atom. The molecule has 126 valence electrons. The highest BCUT2D eigenvalue weighted by Crippen LogP contribution is 2.32. The van der Waals surface area contributed by atoms with Gasteiger partial charge >= 0.3 is 5.97 Å². The van der Waals surface area contributed by atoms with Crippen molar-refractivity contribution in [2.75, 3.05) is 18.1 Å². The number of nitrogens with zero attached hydrogens (tertiary/aromatic N) is 1. The number of hydrogen-bond acceptors (Lipinski definition) is 6. The van der Waals surface area contributed by atoms with Crippen molar-refractivity contribution in [2.24, 2.45) is 0 Å². The number of carbonyl (C=O) groups is 2. The van der Waals surface area contributed by atoms with E-state index in [1.165, 1.54) is 6.07 Å². The zero-order valence-electron chi connectivity index (χ0n) is 12.2. The van der Waals surface area contributed by atoms with Crippen LogP contribution in [-0.4, -0.2) is 55.4 Å². The molecule has 3 rings (SSSR count). The van der Waals surface area contributed by atoms with Gasteiger partial charge in [-0.2, -0.15) is 0 Å². The number of furan rings is 1. The summed E-state index contributed by atoms with van der Waals surface area (Å²) in [5.74, 6) is -0.971. The Balaban J connectivity index is 1.60. The fourth-order valence-electron chi connectivity index (χ4n) is 2.75. The van der Waals surface area contributed by atoms with Crippen LogP contribution in [0, 0.1) is 0 Å². The van der Waals surface area contributed by atoms with E-state index in [1.807, 2.05) is 0 Å². The average molecular weight is 406 g/mol. The fraction of sp³-hybridized carbons (Fsp3) is 0.571. The van der Waals surface area contributed by atoms with Crippen LogP contribution >= 0.6 is 15.9 Å². The molecule has 0 radical (unpaired) electrons. The minimum atomic E-state index is -3.07. The summed E-state index contributed by atoms with van der Waals surface area (Å²) in [5, 5.41) is 0. The Bertz CT molecular complexity index is 723. The van der Waals surface area contributed by atoms with Crippen molar-refractivity contribution >= 4 is 37.6 Å². The van der Waals surface area contributed by atoms with Crippen LogP contribution in [0.2, 0.25) is 0 Å². The molecular formula is C14H16BrNO6S. The van der Waals surface area contributed by atoms with E-state index in [4.69, 9.17) is 9.15 Å². The molecule has 7 nitrogen and oxygen atoms in total. The quantitative estimate of drug-likeness (QED) is 0.686. The molecule has 1 saturated carbocycles. The molecule has 1 aliphatic heterocycles. The maximum Gasteiger partial charge on any atom is 0.374 e. The van der Waals surface area contributed by atoms with Crippen LogP contribution < -0.4 is 0 Å². The van der Waals surface area contributed by atoms with Gasteiger partial charge in [-0.15, -0.1) is 0 Å². The Morgan fingerprint density at radius 3 is 2.52 bits per heavy atom. The number of halogens is 1. The molecule has 1 aromatic rings. The molecule has 0 bridgehead atoms. The first-order valence-electron chi connectivity index (χ1n) is 7.30. The van der Waals surface area contributed by atoms with Crippen molar-refractivity contribution in [3.8, 4) is 0 Å². The van der Waals surface area contributed by atoms with Crippen molar-refractivity contribution in [1.82, 2.24) is 4.90 Å². The van der Waals surface area contributed by atoms with Crippen molar-refractivity contribution in [1.29, 1.82) is 0 Å². The molecule has 0 unspecified atom stereocenters. The normalized spacial score (nSPS) is 22.7. The van der Waals surface area contributed by atoms with E-state index in [0.29, 0.717) is 11.1 Å². The number of amides is 1. The molecule has 23 heavy (non-hydrogen) atoms. The van der Waals surface area contributed by atoms with Crippen molar-refractivity contribution in [2.45, 2.75) is 31.3 Å². The van der Waals surface area contributed by atoms with E-state index in [0.717, 1.165) is 12.8 Å². The van der Waals surface area contributed by atoms with Gasteiger partial charge in [-0.3, -0.25) is 4.79 Å². The second kappa shape index (κ2) is 6.27. The van der Waals surface area contributed by atoms with Crippen molar-refractivity contribution in [3.05, 3.63) is 22.6 Å². The summed E-state index contributed by atoms with van der Waals surface area (Å²) in [7, 11) is -3.07. The SMILES string of the molecule is O=C(OCC(=O)N(C1CC1)[C@H]1CCS(=O)(=O)C1)c1ccc(Br)o1. The van der Waals surface area contributed by atoms with Crippen molar-refractivity contribution in [3.63, 3.8) is 0 Å². The highest BCUT2D eigenvalue weighted by Gasteiger charge is 2.42. The van der Waals surface area contributed by atoms with E-state index < -0.39 is 22.4 Å². The summed E-state index contributed by atoms with van der Waals surface area (Å²) in [5.41, 5.74) is 0. The Hall–Kier alpha value is -1.35. The highest BCUT2D eigenvalue weighted by atomic mass is 79.9. The third kappa shape index (κ3) is 3.95. The molecule has 1 atom stereocenters. The van der Waals surface area contributed by atoms with Gasteiger partial charge in [0.2, 0.25) is 5.76 Å². The van der Waals surface area contributed by atoms with Crippen LogP contribution in [0.5, 0.6) is 0 Å². The molecule has 1 amide bonds. The van der Waals surface area contributed by atoms with E-state index in [9.17, 15) is 18.0 Å². The first-order valence-corrected chi connectivity index (χ1v) is 9.91. The van der Waals surface area contributed by atoms with E-state index in [-0.39, 0.29) is 35.3 Å². The predicted molar refractivity (Wildman–Crippen MR) is 83.6 cm³/mol. The molecule has 9 heteroatoms. The minimum Gasteiger partial charge on any atom is -0.450 e. The van der Waals surface area contributed by atoms with Gasteiger partial charge in [-0.05, 0) is 47.3 Å². The second-order valence-electron chi connectivity index (χ2n) is 5.77. The third-order valence-corrected chi connectivity index (χ3v) is 6.11. The topological polar surface area (TPSA) is 93.9 Å². The van der Waals surface area contributed by atoms with E-state index >= 15 is 0 Å². The number of ether oxygens (including phenoxy) is 1. The van der Waals surface area contributed by atoms with E-state index in [2.05, 4.69) is 15.9 Å². The number of carbonyl (C=O) groups excluding carboxylic acids is 2. The van der Waals surface area contributed by atoms with Crippen LogP contribution in [0.1, 0.15) is 29.8 Å². The first-order chi connectivity index (χ1) is 10.9. The first kappa shape index (κ1) is 16.5. The smallest absolute Gasteiger partial charge is 0.374 e. The predicted octanol–water partition coefficient (Wildman–Crippen LogP) is 1.38. The van der Waals surface area contributed by atoms with Crippen LogP contribution in [-0.2, 0) is 19.4 Å². The van der Waals surface area contributed by atoms with Crippen molar-refractivity contribution < 1.29 is 27.2 Å². The molecule has 1 saturated heterocycles. The molecule has 2 aliphatic rings. The summed E-state index contributed by atoms with van der Waals surface area (Å²) >= 11 is 3.08. The lowest BCUT2D eigenvalue weighted by atomic mass is 10.2. The molecule has 0 N–H and O–H groups in total. The lowest BCUT2D eigenvalue weighted by Gasteiger charge is -2.28. The molecule has 1 aromatic heterocycles. The zero-order chi connectivity index (χ0) is 16.6. The fourth-order valence-corrected chi connectivity index (χ4v) is 4.77. The number of hydrogen-bond donors (Lipinski definition) is 0. The summed E-state index contributed by atoms with van der Waals surface area (Å²) in [6, 6.07) is 2.76. The van der Waals surface area contributed by atoms with Gasteiger partial charge in [-0.1, -0.05) is 0 Å². The van der Waals surface area contributed by atoms with E-state index in [1.54, 1.807) is 11.0 Å². The molecule has 1 aliphatic carbocycles. The number of esters is 1. The van der Waals surface area contributed by atoms with Crippen LogP contribution in [0.3, 0.4) is 0 Å². The Morgan fingerprint density at radius 2 is 2.00 bits per heavy atom. The van der Waals surface area contributed by atoms with Gasteiger partial charge in [-0.25, -0.2) is 13.2 Å². The summed E-state index contributed by atoms with van der Waals surface area (Å²) in [4.78, 5) is 25.8. The number of rotatable bonds is 5. The Kier molecular flexibility index (Phi) is 4.50. The van der Waals surface area contributed by atoms with Gasteiger partial charge in [0.1, 0.15) is 0 Å². The molecular weight excluding hydrogens is 390 g/mol. The monoisotopic (exact) mass is 405 g/mol.